The average Bonchev–Trinajstić information content (AvgIpc) is 2.39. The number of ether oxygens (including phenoxy) is 1. The van der Waals surface area contributed by atoms with Crippen molar-refractivity contribution >= 4 is 6.09 Å². The summed E-state index contributed by atoms with van der Waals surface area (Å²) in [5.41, 5.74) is -0.433. The number of hydrogen-bond donors (Lipinski definition) is 2. The molecule has 0 bridgehead atoms. The maximum atomic E-state index is 11.7. The average molecular weight is 298 g/mol. The predicted octanol–water partition coefficient (Wildman–Crippen LogP) is 3.71. The molecular formula is C17H34N2O2. The van der Waals surface area contributed by atoms with Gasteiger partial charge in [-0.15, -0.1) is 0 Å². The minimum Gasteiger partial charge on any atom is -0.444 e. The first-order chi connectivity index (χ1) is 9.80. The first kappa shape index (κ1) is 18.3. The minimum absolute atomic E-state index is 0.325. The van der Waals surface area contributed by atoms with E-state index in [9.17, 15) is 4.79 Å². The van der Waals surface area contributed by atoms with Gasteiger partial charge in [-0.1, -0.05) is 26.7 Å². The molecule has 0 heterocycles. The van der Waals surface area contributed by atoms with Crippen LogP contribution >= 0.6 is 0 Å². The Balaban J connectivity index is 2.21. The van der Waals surface area contributed by atoms with Crippen molar-refractivity contribution in [2.24, 2.45) is 11.8 Å². The van der Waals surface area contributed by atoms with Crippen molar-refractivity contribution in [2.45, 2.75) is 78.4 Å². The fourth-order valence-corrected chi connectivity index (χ4v) is 2.75. The standard InChI is InChI=1S/C17H34N2O2/c1-6-15(12-19-16(20)21-17(3,4)5)18-11-14-9-7-13(2)8-10-14/h13-15,18H,6-12H2,1-5H3,(H,19,20). The van der Waals surface area contributed by atoms with E-state index in [0.29, 0.717) is 12.6 Å². The van der Waals surface area contributed by atoms with Crippen LogP contribution in [0.4, 0.5) is 4.79 Å². The van der Waals surface area contributed by atoms with Gasteiger partial charge in [0.15, 0.2) is 0 Å². The Morgan fingerprint density at radius 3 is 2.38 bits per heavy atom. The van der Waals surface area contributed by atoms with Gasteiger partial charge in [-0.2, -0.15) is 0 Å². The van der Waals surface area contributed by atoms with E-state index in [1.807, 2.05) is 20.8 Å². The Labute approximate surface area is 130 Å². The van der Waals surface area contributed by atoms with Crippen molar-refractivity contribution in [1.29, 1.82) is 0 Å². The van der Waals surface area contributed by atoms with E-state index in [2.05, 4.69) is 24.5 Å². The van der Waals surface area contributed by atoms with Gasteiger partial charge in [0.1, 0.15) is 5.60 Å². The number of rotatable bonds is 6. The summed E-state index contributed by atoms with van der Waals surface area (Å²) < 4.78 is 5.26. The Bertz CT molecular complexity index is 304. The van der Waals surface area contributed by atoms with Gasteiger partial charge in [-0.3, -0.25) is 0 Å². The van der Waals surface area contributed by atoms with Crippen LogP contribution in [-0.4, -0.2) is 30.8 Å². The Morgan fingerprint density at radius 2 is 1.86 bits per heavy atom. The monoisotopic (exact) mass is 298 g/mol. The molecule has 1 aliphatic rings. The molecule has 0 saturated heterocycles. The topological polar surface area (TPSA) is 50.4 Å². The quantitative estimate of drug-likeness (QED) is 0.786. The molecule has 21 heavy (non-hydrogen) atoms. The molecule has 1 unspecified atom stereocenters. The van der Waals surface area contributed by atoms with Crippen molar-refractivity contribution < 1.29 is 9.53 Å². The first-order valence-corrected chi connectivity index (χ1v) is 8.50. The van der Waals surface area contributed by atoms with Gasteiger partial charge in [0.25, 0.3) is 0 Å². The van der Waals surface area contributed by atoms with Gasteiger partial charge in [-0.25, -0.2) is 4.79 Å². The van der Waals surface area contributed by atoms with Crippen LogP contribution in [0.25, 0.3) is 0 Å². The highest BCUT2D eigenvalue weighted by Crippen LogP contribution is 2.27. The van der Waals surface area contributed by atoms with Gasteiger partial charge in [0.05, 0.1) is 0 Å². The summed E-state index contributed by atoms with van der Waals surface area (Å²) in [5, 5.41) is 6.46. The molecule has 0 aromatic rings. The molecule has 1 saturated carbocycles. The van der Waals surface area contributed by atoms with E-state index in [1.54, 1.807) is 0 Å². The molecule has 0 aliphatic heterocycles. The lowest BCUT2D eigenvalue weighted by Gasteiger charge is -2.28. The smallest absolute Gasteiger partial charge is 0.407 e. The molecule has 0 radical (unpaired) electrons. The molecule has 4 heteroatoms. The van der Waals surface area contributed by atoms with Crippen LogP contribution in [0, 0.1) is 11.8 Å². The van der Waals surface area contributed by atoms with Crippen LogP contribution in [0.5, 0.6) is 0 Å². The molecule has 4 nitrogen and oxygen atoms in total. The van der Waals surface area contributed by atoms with E-state index in [1.165, 1.54) is 25.7 Å². The Hall–Kier alpha value is -0.770. The van der Waals surface area contributed by atoms with Gasteiger partial charge in [-0.05, 0) is 58.4 Å². The molecule has 1 rings (SSSR count). The second-order valence-electron chi connectivity index (χ2n) is 7.52. The fraction of sp³-hybridized carbons (Fsp3) is 0.941. The number of carbonyl (C=O) groups is 1. The minimum atomic E-state index is -0.433. The Morgan fingerprint density at radius 1 is 1.24 bits per heavy atom. The van der Waals surface area contributed by atoms with Crippen LogP contribution in [0.15, 0.2) is 0 Å². The highest BCUT2D eigenvalue weighted by Gasteiger charge is 2.20. The third-order valence-electron chi connectivity index (χ3n) is 4.22. The van der Waals surface area contributed by atoms with E-state index in [0.717, 1.165) is 24.8 Å². The highest BCUT2D eigenvalue weighted by molar-refractivity contribution is 5.67. The van der Waals surface area contributed by atoms with Crippen LogP contribution in [-0.2, 0) is 4.74 Å². The van der Waals surface area contributed by atoms with Crippen LogP contribution in [0.3, 0.4) is 0 Å². The van der Waals surface area contributed by atoms with Gasteiger partial charge in [0.2, 0.25) is 0 Å². The zero-order valence-corrected chi connectivity index (χ0v) is 14.5. The van der Waals surface area contributed by atoms with Crippen molar-refractivity contribution in [1.82, 2.24) is 10.6 Å². The first-order valence-electron chi connectivity index (χ1n) is 8.50. The molecule has 1 amide bonds. The maximum Gasteiger partial charge on any atom is 0.407 e. The maximum absolute atomic E-state index is 11.7. The van der Waals surface area contributed by atoms with Crippen molar-refractivity contribution in [3.05, 3.63) is 0 Å². The lowest BCUT2D eigenvalue weighted by atomic mass is 9.83. The summed E-state index contributed by atoms with van der Waals surface area (Å²) in [6, 6.07) is 0.330. The zero-order chi connectivity index (χ0) is 15.9. The molecule has 1 atom stereocenters. The van der Waals surface area contributed by atoms with E-state index >= 15 is 0 Å². The SMILES string of the molecule is CCC(CNC(=O)OC(C)(C)C)NCC1CCC(C)CC1. The van der Waals surface area contributed by atoms with Crippen molar-refractivity contribution in [2.75, 3.05) is 13.1 Å². The lowest BCUT2D eigenvalue weighted by molar-refractivity contribution is 0.0521. The molecule has 2 N–H and O–H groups in total. The summed E-state index contributed by atoms with van der Waals surface area (Å²) in [7, 11) is 0. The largest absolute Gasteiger partial charge is 0.444 e. The van der Waals surface area contributed by atoms with E-state index in [4.69, 9.17) is 4.74 Å². The second kappa shape index (κ2) is 8.62. The number of carbonyl (C=O) groups excluding carboxylic acids is 1. The van der Waals surface area contributed by atoms with Crippen LogP contribution in [0.1, 0.15) is 66.7 Å². The summed E-state index contributed by atoms with van der Waals surface area (Å²) >= 11 is 0. The molecular weight excluding hydrogens is 264 g/mol. The highest BCUT2D eigenvalue weighted by atomic mass is 16.6. The van der Waals surface area contributed by atoms with Gasteiger partial charge >= 0.3 is 6.09 Å². The van der Waals surface area contributed by atoms with Gasteiger partial charge < -0.3 is 15.4 Å². The van der Waals surface area contributed by atoms with Crippen molar-refractivity contribution in [3.8, 4) is 0 Å². The number of amides is 1. The van der Waals surface area contributed by atoms with Crippen LogP contribution in [0.2, 0.25) is 0 Å². The zero-order valence-electron chi connectivity index (χ0n) is 14.5. The lowest BCUT2D eigenvalue weighted by Crippen LogP contribution is -2.44. The van der Waals surface area contributed by atoms with Crippen molar-refractivity contribution in [3.63, 3.8) is 0 Å². The predicted molar refractivity (Wildman–Crippen MR) is 87.4 cm³/mol. The van der Waals surface area contributed by atoms with Crippen LogP contribution < -0.4 is 10.6 Å². The fourth-order valence-electron chi connectivity index (χ4n) is 2.75. The molecule has 0 aromatic heterocycles. The second-order valence-corrected chi connectivity index (χ2v) is 7.52. The normalized spacial score (nSPS) is 24.4. The summed E-state index contributed by atoms with van der Waals surface area (Å²) in [5.74, 6) is 1.70. The van der Waals surface area contributed by atoms with Gasteiger partial charge in [0, 0.05) is 12.6 Å². The molecule has 0 spiro atoms. The molecule has 1 fully saturated rings. The summed E-state index contributed by atoms with van der Waals surface area (Å²) in [6.07, 6.45) is 6.08. The number of hydrogen-bond acceptors (Lipinski definition) is 3. The summed E-state index contributed by atoms with van der Waals surface area (Å²) in [6.45, 7) is 11.8. The Kier molecular flexibility index (Phi) is 7.50. The third kappa shape index (κ3) is 8.30. The molecule has 124 valence electrons. The molecule has 1 aliphatic carbocycles. The summed E-state index contributed by atoms with van der Waals surface area (Å²) in [4.78, 5) is 11.7. The van der Waals surface area contributed by atoms with E-state index in [-0.39, 0.29) is 6.09 Å². The number of alkyl carbamates (subject to hydrolysis) is 1. The number of nitrogens with one attached hydrogen (secondary N) is 2. The third-order valence-corrected chi connectivity index (χ3v) is 4.22. The molecule has 0 aromatic carbocycles. The van der Waals surface area contributed by atoms with E-state index < -0.39 is 5.60 Å².